The topological polar surface area (TPSA) is 138 Å². The van der Waals surface area contributed by atoms with Crippen molar-refractivity contribution >= 4 is 21.9 Å². The largest absolute Gasteiger partial charge is 0.476 e. The summed E-state index contributed by atoms with van der Waals surface area (Å²) in [6.45, 7) is 3.02. The molecule has 0 aliphatic rings. The van der Waals surface area contributed by atoms with Gasteiger partial charge >= 0.3 is 5.97 Å². The van der Waals surface area contributed by atoms with Gasteiger partial charge in [-0.25, -0.2) is 17.9 Å². The van der Waals surface area contributed by atoms with E-state index in [1.165, 1.54) is 13.0 Å². The second-order valence-corrected chi connectivity index (χ2v) is 5.39. The Morgan fingerprint density at radius 1 is 1.47 bits per heavy atom. The van der Waals surface area contributed by atoms with E-state index < -0.39 is 26.6 Å². The van der Waals surface area contributed by atoms with Crippen molar-refractivity contribution in [3.05, 3.63) is 23.1 Å². The zero-order valence-corrected chi connectivity index (χ0v) is 10.8. The Hall–Kier alpha value is -2.36. The molecule has 10 heteroatoms. The SMILES string of the molecule is Cc1cc(NS(=O)(=O)c2c(C(=O)O)n[nH]c2C)on1. The van der Waals surface area contributed by atoms with E-state index in [0.29, 0.717) is 5.69 Å². The van der Waals surface area contributed by atoms with E-state index in [1.54, 1.807) is 6.92 Å². The molecular formula is C9H10N4O5S. The number of hydrogen-bond donors (Lipinski definition) is 3. The number of anilines is 1. The van der Waals surface area contributed by atoms with Crippen LogP contribution in [0, 0.1) is 13.8 Å². The van der Waals surface area contributed by atoms with Crippen LogP contribution in [-0.2, 0) is 10.0 Å². The minimum Gasteiger partial charge on any atom is -0.476 e. The van der Waals surface area contributed by atoms with Gasteiger partial charge in [0.2, 0.25) is 5.88 Å². The first kappa shape index (κ1) is 13.1. The van der Waals surface area contributed by atoms with Gasteiger partial charge in [0.1, 0.15) is 4.90 Å². The molecule has 0 radical (unpaired) electrons. The Morgan fingerprint density at radius 2 is 2.16 bits per heavy atom. The smallest absolute Gasteiger partial charge is 0.357 e. The molecule has 0 saturated heterocycles. The number of rotatable bonds is 4. The van der Waals surface area contributed by atoms with Crippen molar-refractivity contribution < 1.29 is 22.8 Å². The second-order valence-electron chi connectivity index (χ2n) is 3.77. The van der Waals surface area contributed by atoms with E-state index >= 15 is 0 Å². The first-order valence-corrected chi connectivity index (χ1v) is 6.54. The van der Waals surface area contributed by atoms with Crippen molar-refractivity contribution in [2.75, 3.05) is 4.72 Å². The number of aryl methyl sites for hydroxylation is 2. The van der Waals surface area contributed by atoms with E-state index in [1.807, 2.05) is 0 Å². The molecule has 0 aliphatic heterocycles. The summed E-state index contributed by atoms with van der Waals surface area (Å²) < 4.78 is 31.0. The third-order valence-corrected chi connectivity index (χ3v) is 3.73. The van der Waals surface area contributed by atoms with Gasteiger partial charge in [0, 0.05) is 6.07 Å². The summed E-state index contributed by atoms with van der Waals surface area (Å²) in [6.07, 6.45) is 0. The summed E-state index contributed by atoms with van der Waals surface area (Å²) in [7, 11) is -4.12. The lowest BCUT2D eigenvalue weighted by atomic mass is 10.4. The fourth-order valence-corrected chi connectivity index (χ4v) is 2.79. The molecule has 0 atom stereocenters. The molecule has 2 heterocycles. The van der Waals surface area contributed by atoms with Gasteiger partial charge in [0.15, 0.2) is 5.69 Å². The Bertz CT molecular complexity index is 730. The Kier molecular flexibility index (Phi) is 3.02. The quantitative estimate of drug-likeness (QED) is 0.744. The molecule has 102 valence electrons. The van der Waals surface area contributed by atoms with Crippen molar-refractivity contribution in [2.24, 2.45) is 0 Å². The Morgan fingerprint density at radius 3 is 2.68 bits per heavy atom. The monoisotopic (exact) mass is 286 g/mol. The molecule has 3 N–H and O–H groups in total. The van der Waals surface area contributed by atoms with Gasteiger partial charge in [-0.05, 0) is 13.8 Å². The van der Waals surface area contributed by atoms with E-state index in [2.05, 4.69) is 20.1 Å². The third kappa shape index (κ3) is 2.42. The van der Waals surface area contributed by atoms with Crippen LogP contribution in [0.2, 0.25) is 0 Å². The summed E-state index contributed by atoms with van der Waals surface area (Å²) in [6, 6.07) is 1.37. The van der Waals surface area contributed by atoms with Crippen molar-refractivity contribution in [1.29, 1.82) is 0 Å². The second kappa shape index (κ2) is 4.39. The highest BCUT2D eigenvalue weighted by molar-refractivity contribution is 7.92. The van der Waals surface area contributed by atoms with Crippen LogP contribution in [0.1, 0.15) is 21.9 Å². The molecular weight excluding hydrogens is 276 g/mol. The zero-order chi connectivity index (χ0) is 14.2. The van der Waals surface area contributed by atoms with Crippen molar-refractivity contribution in [1.82, 2.24) is 15.4 Å². The predicted octanol–water partition coefficient (Wildman–Crippen LogP) is 0.514. The Labute approximate surface area is 107 Å². The molecule has 0 spiro atoms. The number of hydrogen-bond acceptors (Lipinski definition) is 6. The molecule has 9 nitrogen and oxygen atoms in total. The number of aromatic nitrogens is 3. The van der Waals surface area contributed by atoms with Gasteiger partial charge in [0.25, 0.3) is 10.0 Å². The molecule has 2 aromatic heterocycles. The number of carboxylic acid groups (broad SMARTS) is 1. The van der Waals surface area contributed by atoms with Crippen molar-refractivity contribution in [3.63, 3.8) is 0 Å². The maximum absolute atomic E-state index is 12.1. The van der Waals surface area contributed by atoms with Crippen LogP contribution in [0.15, 0.2) is 15.5 Å². The first-order chi connectivity index (χ1) is 8.81. The third-order valence-electron chi connectivity index (χ3n) is 2.23. The van der Waals surface area contributed by atoms with Gasteiger partial charge in [-0.2, -0.15) is 5.10 Å². The maximum Gasteiger partial charge on any atom is 0.357 e. The number of sulfonamides is 1. The summed E-state index contributed by atoms with van der Waals surface area (Å²) in [5.74, 6) is -1.55. The summed E-state index contributed by atoms with van der Waals surface area (Å²) in [4.78, 5) is 10.5. The molecule has 0 aliphatic carbocycles. The van der Waals surface area contributed by atoms with Crippen LogP contribution in [-0.4, -0.2) is 34.8 Å². The van der Waals surface area contributed by atoms with Gasteiger partial charge in [-0.15, -0.1) is 0 Å². The normalized spacial score (nSPS) is 11.5. The van der Waals surface area contributed by atoms with Crippen LogP contribution in [0.25, 0.3) is 0 Å². The van der Waals surface area contributed by atoms with Crippen LogP contribution < -0.4 is 4.72 Å². The molecule has 0 bridgehead atoms. The molecule has 0 aromatic carbocycles. The van der Waals surface area contributed by atoms with Crippen molar-refractivity contribution in [3.8, 4) is 0 Å². The number of H-pyrrole nitrogens is 1. The first-order valence-electron chi connectivity index (χ1n) is 5.05. The average Bonchev–Trinajstić information content (AvgIpc) is 2.84. The molecule has 2 aromatic rings. The highest BCUT2D eigenvalue weighted by Gasteiger charge is 2.29. The number of carbonyl (C=O) groups is 1. The molecule has 0 fully saturated rings. The van der Waals surface area contributed by atoms with Gasteiger partial charge < -0.3 is 9.63 Å². The highest BCUT2D eigenvalue weighted by Crippen LogP contribution is 2.21. The van der Waals surface area contributed by atoms with E-state index in [-0.39, 0.29) is 11.6 Å². The number of nitrogens with zero attached hydrogens (tertiary/aromatic N) is 2. The zero-order valence-electron chi connectivity index (χ0n) is 9.96. The fourth-order valence-electron chi connectivity index (χ4n) is 1.49. The number of nitrogens with one attached hydrogen (secondary N) is 2. The number of carboxylic acids is 1. The number of aromatic carboxylic acids is 1. The standard InChI is InChI=1S/C9H10N4O5S/c1-4-3-6(18-12-4)13-19(16,17)8-5(2)10-11-7(8)9(14)15/h3,13H,1-2H3,(H,10,11)(H,14,15). The fraction of sp³-hybridized carbons (Fsp3) is 0.222. The summed E-state index contributed by atoms with van der Waals surface area (Å²) >= 11 is 0. The predicted molar refractivity (Wildman–Crippen MR) is 62.3 cm³/mol. The lowest BCUT2D eigenvalue weighted by molar-refractivity contribution is 0.0686. The van der Waals surface area contributed by atoms with E-state index in [9.17, 15) is 13.2 Å². The van der Waals surface area contributed by atoms with E-state index in [4.69, 9.17) is 9.63 Å². The Balaban J connectivity index is 2.45. The molecule has 19 heavy (non-hydrogen) atoms. The van der Waals surface area contributed by atoms with E-state index in [0.717, 1.165) is 0 Å². The number of aromatic amines is 1. The molecule has 0 amide bonds. The van der Waals surface area contributed by atoms with Crippen LogP contribution in [0.4, 0.5) is 5.88 Å². The highest BCUT2D eigenvalue weighted by atomic mass is 32.2. The average molecular weight is 286 g/mol. The van der Waals surface area contributed by atoms with Crippen LogP contribution in [0.5, 0.6) is 0 Å². The molecule has 0 unspecified atom stereocenters. The molecule has 0 saturated carbocycles. The lowest BCUT2D eigenvalue weighted by Gasteiger charge is -2.04. The van der Waals surface area contributed by atoms with Gasteiger partial charge in [0.05, 0.1) is 11.4 Å². The summed E-state index contributed by atoms with van der Waals surface area (Å²) in [5.41, 5.74) is 0.0162. The minimum atomic E-state index is -4.12. The summed E-state index contributed by atoms with van der Waals surface area (Å²) in [5, 5.41) is 18.2. The molecule has 2 rings (SSSR count). The van der Waals surface area contributed by atoms with Crippen LogP contribution in [0.3, 0.4) is 0 Å². The van der Waals surface area contributed by atoms with Gasteiger partial charge in [-0.1, -0.05) is 5.16 Å². The van der Waals surface area contributed by atoms with Gasteiger partial charge in [-0.3, -0.25) is 5.10 Å². The lowest BCUT2D eigenvalue weighted by Crippen LogP contribution is -2.16. The minimum absolute atomic E-state index is 0.102. The van der Waals surface area contributed by atoms with Crippen LogP contribution >= 0.6 is 0 Å². The maximum atomic E-state index is 12.1. The van der Waals surface area contributed by atoms with Crippen molar-refractivity contribution in [2.45, 2.75) is 18.7 Å².